The van der Waals surface area contributed by atoms with E-state index in [4.69, 9.17) is 42.6 Å². The number of nitrogens with zero attached hydrogens (tertiary/aromatic N) is 1. The summed E-state index contributed by atoms with van der Waals surface area (Å²) in [5, 5.41) is 0. The van der Waals surface area contributed by atoms with E-state index in [1.807, 2.05) is 0 Å². The summed E-state index contributed by atoms with van der Waals surface area (Å²) in [6.45, 7) is 0.157. The molecule has 2 fully saturated rings. The van der Waals surface area contributed by atoms with Gasteiger partial charge in [-0.1, -0.05) is 36.4 Å². The minimum atomic E-state index is -1.56. The standard InChI is InChI=1S/C39H41NO13/c1-45-32-31(20-48-37(43)22-10-6-4-7-11-22)52-39(35(47-3)34(32)46-2)51-30-18-27(41)25-14-15-40(19-24-16-28-29(17-26(24)25)50-21-49-28)36(42)33(30)53-38(44)23-12-8-5-9-13-23/h4-13,16-17,25,30-35,39H,14-15,18-21H2,1-3H3/t25-,30-,31-,32-,33+,34+,35-,39-/m1/s1. The van der Waals surface area contributed by atoms with E-state index in [9.17, 15) is 19.2 Å². The molecular weight excluding hydrogens is 690 g/mol. The number of ether oxygens (including phenoxy) is 9. The molecule has 3 aromatic rings. The number of hydrogen-bond donors (Lipinski definition) is 0. The zero-order valence-corrected chi connectivity index (χ0v) is 29.5. The molecule has 0 spiro atoms. The Balaban J connectivity index is 1.22. The van der Waals surface area contributed by atoms with Gasteiger partial charge in [-0.3, -0.25) is 9.59 Å². The summed E-state index contributed by atoms with van der Waals surface area (Å²) in [6, 6.07) is 20.3. The van der Waals surface area contributed by atoms with E-state index in [0.717, 1.165) is 11.1 Å². The van der Waals surface area contributed by atoms with Crippen molar-refractivity contribution in [3.8, 4) is 11.5 Å². The number of carbonyl (C=O) groups excluding carboxylic acids is 4. The number of carbonyl (C=O) groups is 4. The molecule has 14 heteroatoms. The Morgan fingerprint density at radius 1 is 0.811 bits per heavy atom. The third-order valence-electron chi connectivity index (χ3n) is 10.1. The lowest BCUT2D eigenvalue weighted by Crippen LogP contribution is -2.62. The maximum absolute atomic E-state index is 14.6. The predicted molar refractivity (Wildman–Crippen MR) is 183 cm³/mol. The zero-order chi connectivity index (χ0) is 37.1. The maximum atomic E-state index is 14.6. The molecule has 7 rings (SSSR count). The van der Waals surface area contributed by atoms with E-state index in [0.29, 0.717) is 23.5 Å². The molecule has 4 heterocycles. The number of hydrogen-bond acceptors (Lipinski definition) is 13. The number of esters is 2. The van der Waals surface area contributed by atoms with Crippen LogP contribution in [0.3, 0.4) is 0 Å². The first-order valence-corrected chi connectivity index (χ1v) is 17.4. The van der Waals surface area contributed by atoms with E-state index in [-0.39, 0.29) is 44.3 Å². The second-order valence-electron chi connectivity index (χ2n) is 13.2. The lowest BCUT2D eigenvalue weighted by molar-refractivity contribution is -0.325. The molecular formula is C39H41NO13. The second kappa shape index (κ2) is 16.0. The monoisotopic (exact) mass is 731 g/mol. The number of amides is 1. The first kappa shape index (κ1) is 36.5. The third kappa shape index (κ3) is 7.50. The van der Waals surface area contributed by atoms with E-state index in [1.165, 1.54) is 21.3 Å². The van der Waals surface area contributed by atoms with Gasteiger partial charge in [0.1, 0.15) is 42.9 Å². The first-order chi connectivity index (χ1) is 25.8. The van der Waals surface area contributed by atoms with Crippen LogP contribution in [0.1, 0.15) is 50.6 Å². The minimum absolute atomic E-state index is 0.0494. The molecule has 4 aliphatic rings. The second-order valence-corrected chi connectivity index (χ2v) is 13.2. The molecule has 0 aromatic heterocycles. The van der Waals surface area contributed by atoms with Gasteiger partial charge in [0.15, 0.2) is 17.8 Å². The highest BCUT2D eigenvalue weighted by Gasteiger charge is 2.51. The van der Waals surface area contributed by atoms with Crippen molar-refractivity contribution in [1.29, 1.82) is 0 Å². The molecule has 3 aromatic carbocycles. The fourth-order valence-corrected chi connectivity index (χ4v) is 7.41. The van der Waals surface area contributed by atoms with Gasteiger partial charge >= 0.3 is 11.9 Å². The van der Waals surface area contributed by atoms with Gasteiger partial charge in [0.05, 0.1) is 11.1 Å². The normalized spacial score (nSPS) is 27.9. The Hall–Kier alpha value is -4.86. The van der Waals surface area contributed by atoms with Crippen molar-refractivity contribution >= 4 is 23.6 Å². The summed E-state index contributed by atoms with van der Waals surface area (Å²) in [6.07, 6.45) is -7.63. The van der Waals surface area contributed by atoms with E-state index in [2.05, 4.69) is 0 Å². The lowest BCUT2D eigenvalue weighted by Gasteiger charge is -2.45. The quantitative estimate of drug-likeness (QED) is 0.280. The molecule has 8 atom stereocenters. The molecule has 0 unspecified atom stereocenters. The van der Waals surface area contributed by atoms with Gasteiger partial charge in [0.2, 0.25) is 12.9 Å². The van der Waals surface area contributed by atoms with E-state index < -0.39 is 66.7 Å². The van der Waals surface area contributed by atoms with Gasteiger partial charge in [-0.25, -0.2) is 9.59 Å². The van der Waals surface area contributed by atoms with Crippen molar-refractivity contribution in [2.24, 2.45) is 0 Å². The van der Waals surface area contributed by atoms with Crippen LogP contribution in [0.5, 0.6) is 11.5 Å². The number of benzene rings is 3. The van der Waals surface area contributed by atoms with E-state index >= 15 is 0 Å². The highest BCUT2D eigenvalue weighted by Crippen LogP contribution is 2.42. The summed E-state index contributed by atoms with van der Waals surface area (Å²) in [5.74, 6) is -1.69. The number of rotatable bonds is 10. The van der Waals surface area contributed by atoms with Crippen LogP contribution < -0.4 is 9.47 Å². The van der Waals surface area contributed by atoms with Gasteiger partial charge in [0, 0.05) is 46.8 Å². The van der Waals surface area contributed by atoms with Crippen LogP contribution in [0.25, 0.3) is 0 Å². The Labute approximate surface area is 306 Å². The molecule has 14 nitrogen and oxygen atoms in total. The third-order valence-corrected chi connectivity index (χ3v) is 10.1. The smallest absolute Gasteiger partial charge is 0.339 e. The average Bonchev–Trinajstić information content (AvgIpc) is 3.57. The van der Waals surface area contributed by atoms with Crippen molar-refractivity contribution < 1.29 is 61.8 Å². The summed E-state index contributed by atoms with van der Waals surface area (Å²) in [7, 11) is 4.36. The van der Waals surface area contributed by atoms with Crippen molar-refractivity contribution in [2.75, 3.05) is 41.3 Å². The van der Waals surface area contributed by atoms with Crippen LogP contribution in [-0.2, 0) is 49.3 Å². The van der Waals surface area contributed by atoms with Crippen molar-refractivity contribution in [2.45, 2.75) is 68.2 Å². The van der Waals surface area contributed by atoms with Crippen molar-refractivity contribution in [3.63, 3.8) is 0 Å². The lowest BCUT2D eigenvalue weighted by atomic mass is 9.86. The van der Waals surface area contributed by atoms with Crippen molar-refractivity contribution in [3.05, 3.63) is 95.1 Å². The van der Waals surface area contributed by atoms with Gasteiger partial charge < -0.3 is 47.5 Å². The fraction of sp³-hybridized carbons (Fsp3) is 0.436. The molecule has 280 valence electrons. The molecule has 4 aliphatic heterocycles. The van der Waals surface area contributed by atoms with Crippen LogP contribution in [0, 0.1) is 0 Å². The number of Topliss-reactive ketones (excluding diaryl/α,β-unsaturated/α-hetero) is 1. The Bertz CT molecular complexity index is 1800. The molecule has 2 bridgehead atoms. The predicted octanol–water partition coefficient (Wildman–Crippen LogP) is 3.44. The Morgan fingerprint density at radius 3 is 2.11 bits per heavy atom. The Kier molecular flexibility index (Phi) is 11.0. The number of methoxy groups -OCH3 is 3. The van der Waals surface area contributed by atoms with Crippen LogP contribution >= 0.6 is 0 Å². The average molecular weight is 732 g/mol. The molecule has 0 aliphatic carbocycles. The molecule has 1 amide bonds. The van der Waals surface area contributed by atoms with Gasteiger partial charge in [0.25, 0.3) is 5.91 Å². The first-order valence-electron chi connectivity index (χ1n) is 17.4. The van der Waals surface area contributed by atoms with E-state index in [1.54, 1.807) is 77.7 Å². The molecule has 0 saturated carbocycles. The summed E-state index contributed by atoms with van der Waals surface area (Å²) in [5.41, 5.74) is 2.04. The van der Waals surface area contributed by atoms with Gasteiger partial charge in [-0.05, 0) is 53.9 Å². The molecule has 0 N–H and O–H groups in total. The fourth-order valence-electron chi connectivity index (χ4n) is 7.41. The summed E-state index contributed by atoms with van der Waals surface area (Å²) >= 11 is 0. The van der Waals surface area contributed by atoms with Crippen LogP contribution in [0.4, 0.5) is 0 Å². The largest absolute Gasteiger partial charge is 0.459 e. The molecule has 0 radical (unpaired) electrons. The Morgan fingerprint density at radius 2 is 1.45 bits per heavy atom. The molecule has 2 saturated heterocycles. The van der Waals surface area contributed by atoms with Gasteiger partial charge in [-0.15, -0.1) is 0 Å². The minimum Gasteiger partial charge on any atom is -0.459 e. The highest BCUT2D eigenvalue weighted by atomic mass is 16.7. The number of fused-ring (bicyclic) bond motifs is 6. The SMILES string of the molecule is CO[C@@H]1[C@@H](OC)[C@H](O[C@@H]2CC(=O)[C@@H]3CCN(Cc4cc5c(cc43)OCO5)C(=O)[C@H]2OC(=O)c2ccccc2)O[C@H](COC(=O)c2ccccc2)[C@H]1OC. The van der Waals surface area contributed by atoms with Crippen LogP contribution in [0.2, 0.25) is 0 Å². The summed E-state index contributed by atoms with van der Waals surface area (Å²) in [4.78, 5) is 57.0. The van der Waals surface area contributed by atoms with Crippen LogP contribution in [0.15, 0.2) is 72.8 Å². The number of ketones is 1. The maximum Gasteiger partial charge on any atom is 0.339 e. The van der Waals surface area contributed by atoms with Crippen molar-refractivity contribution in [1.82, 2.24) is 4.90 Å². The summed E-state index contributed by atoms with van der Waals surface area (Å²) < 4.78 is 53.2. The topological polar surface area (TPSA) is 155 Å². The molecule has 53 heavy (non-hydrogen) atoms. The zero-order valence-electron chi connectivity index (χ0n) is 29.5. The highest BCUT2D eigenvalue weighted by molar-refractivity contribution is 5.94. The van der Waals surface area contributed by atoms with Gasteiger partial charge in [-0.2, -0.15) is 0 Å². The van der Waals surface area contributed by atoms with Crippen LogP contribution in [-0.4, -0.2) is 113 Å².